The summed E-state index contributed by atoms with van der Waals surface area (Å²) in [7, 11) is 2.62. The highest BCUT2D eigenvalue weighted by atomic mass is 16.5. The number of aromatic nitrogens is 3. The molecule has 0 aromatic carbocycles. The first kappa shape index (κ1) is 39.8. The zero-order valence-electron chi connectivity index (χ0n) is 32.4. The van der Waals surface area contributed by atoms with E-state index in [0.717, 1.165) is 29.7 Å². The molecule has 0 aliphatic carbocycles. The summed E-state index contributed by atoms with van der Waals surface area (Å²) < 4.78 is 9.60. The number of H-pyrrole nitrogens is 1. The number of nitrogens with zero attached hydrogens (tertiary/aromatic N) is 5. The molecular formula is C41H51N7O6. The summed E-state index contributed by atoms with van der Waals surface area (Å²) in [4.78, 5) is 71.8. The molecule has 0 unspecified atom stereocenters. The smallest absolute Gasteiger partial charge is 0.407 e. The van der Waals surface area contributed by atoms with Crippen molar-refractivity contribution < 1.29 is 28.7 Å². The molecule has 2 aromatic rings. The Hall–Kier alpha value is -5.43. The molecular weight excluding hydrogens is 686 g/mol. The van der Waals surface area contributed by atoms with E-state index in [9.17, 15) is 19.2 Å². The van der Waals surface area contributed by atoms with Gasteiger partial charge < -0.3 is 29.6 Å². The lowest BCUT2D eigenvalue weighted by Crippen LogP contribution is -2.51. The fraction of sp³-hybridized carbons (Fsp3) is 0.537. The first-order valence-electron chi connectivity index (χ1n) is 18.6. The van der Waals surface area contributed by atoms with Crippen LogP contribution < -0.4 is 5.32 Å². The first-order valence-corrected chi connectivity index (χ1v) is 18.6. The van der Waals surface area contributed by atoms with Crippen LogP contribution in [0.15, 0.2) is 41.3 Å². The monoisotopic (exact) mass is 737 g/mol. The van der Waals surface area contributed by atoms with Crippen molar-refractivity contribution in [2.45, 2.75) is 85.4 Å². The molecule has 54 heavy (non-hydrogen) atoms. The molecule has 0 radical (unpaired) electrons. The number of alkyl carbamates (subject to hydrolysis) is 1. The van der Waals surface area contributed by atoms with E-state index >= 15 is 0 Å². The number of hydrogen-bond donors (Lipinski definition) is 2. The summed E-state index contributed by atoms with van der Waals surface area (Å²) in [5.41, 5.74) is 3.67. The number of esters is 1. The fourth-order valence-corrected chi connectivity index (χ4v) is 7.24. The molecule has 3 aliphatic heterocycles. The Morgan fingerprint density at radius 1 is 0.870 bits per heavy atom. The van der Waals surface area contributed by atoms with E-state index in [2.05, 4.69) is 62.8 Å². The molecule has 2 aromatic heterocycles. The number of nitrogens with one attached hydrogen (secondary N) is 2. The summed E-state index contributed by atoms with van der Waals surface area (Å²) in [5.74, 6) is 12.6. The predicted molar refractivity (Wildman–Crippen MR) is 202 cm³/mol. The summed E-state index contributed by atoms with van der Waals surface area (Å²) in [6.07, 6.45) is 6.65. The van der Waals surface area contributed by atoms with Crippen molar-refractivity contribution in [3.05, 3.63) is 59.1 Å². The van der Waals surface area contributed by atoms with Gasteiger partial charge in [-0.3, -0.25) is 19.4 Å². The lowest BCUT2D eigenvalue weighted by molar-refractivity contribution is -0.148. The molecule has 286 valence electrons. The molecule has 0 spiro atoms. The second-order valence-corrected chi connectivity index (χ2v) is 15.2. The number of likely N-dealkylation sites (tertiary alicyclic amines) is 2. The van der Waals surface area contributed by atoms with Crippen LogP contribution >= 0.6 is 0 Å². The number of carbonyl (C=O) groups excluding carboxylic acids is 4. The quantitative estimate of drug-likeness (QED) is 0.278. The van der Waals surface area contributed by atoms with Crippen molar-refractivity contribution >= 4 is 29.6 Å². The minimum absolute atomic E-state index is 0.000950. The molecule has 2 N–H and O–H groups in total. The third-order valence-electron chi connectivity index (χ3n) is 10.2. The number of carbonyl (C=O) groups is 4. The average molecular weight is 738 g/mol. The van der Waals surface area contributed by atoms with Gasteiger partial charge in [0.2, 0.25) is 11.8 Å². The number of allylic oxidation sites excluding steroid dienone is 1. The van der Waals surface area contributed by atoms with Gasteiger partial charge in [0.1, 0.15) is 23.3 Å². The topological polar surface area (TPSA) is 159 Å². The van der Waals surface area contributed by atoms with Crippen LogP contribution in [0.3, 0.4) is 0 Å². The fourth-order valence-electron chi connectivity index (χ4n) is 7.24. The van der Waals surface area contributed by atoms with Gasteiger partial charge >= 0.3 is 12.1 Å². The van der Waals surface area contributed by atoms with E-state index in [1.807, 2.05) is 44.7 Å². The van der Waals surface area contributed by atoms with Gasteiger partial charge in [-0.1, -0.05) is 53.4 Å². The molecule has 5 heterocycles. The molecule has 0 bridgehead atoms. The Balaban J connectivity index is 1.19. The zero-order chi connectivity index (χ0) is 39.1. The summed E-state index contributed by atoms with van der Waals surface area (Å²) in [5, 5.41) is 2.68. The van der Waals surface area contributed by atoms with E-state index in [0.29, 0.717) is 42.6 Å². The first-order chi connectivity index (χ1) is 25.8. The van der Waals surface area contributed by atoms with E-state index in [4.69, 9.17) is 9.47 Å². The summed E-state index contributed by atoms with van der Waals surface area (Å²) >= 11 is 0. The molecule has 2 fully saturated rings. The maximum absolute atomic E-state index is 13.6. The molecule has 13 nitrogen and oxygen atoms in total. The highest BCUT2D eigenvalue weighted by molar-refractivity contribution is 5.98. The van der Waals surface area contributed by atoms with Gasteiger partial charge in [0.15, 0.2) is 0 Å². The van der Waals surface area contributed by atoms with Gasteiger partial charge in [-0.15, -0.1) is 0 Å². The normalized spacial score (nSPS) is 21.7. The highest BCUT2D eigenvalue weighted by Crippen LogP contribution is 2.35. The van der Waals surface area contributed by atoms with Gasteiger partial charge in [0.05, 0.1) is 44.8 Å². The molecule has 13 heteroatoms. The van der Waals surface area contributed by atoms with Crippen LogP contribution in [0.5, 0.6) is 0 Å². The lowest BCUT2D eigenvalue weighted by Gasteiger charge is -2.30. The lowest BCUT2D eigenvalue weighted by atomic mass is 9.90. The number of ether oxygens (including phenoxy) is 2. The van der Waals surface area contributed by atoms with Crippen LogP contribution in [0.2, 0.25) is 0 Å². The number of aliphatic imine (C=N–C) groups is 1. The van der Waals surface area contributed by atoms with Gasteiger partial charge in [-0.25, -0.2) is 14.8 Å². The minimum atomic E-state index is -0.716. The van der Waals surface area contributed by atoms with Gasteiger partial charge in [0.25, 0.3) is 0 Å². The average Bonchev–Trinajstić information content (AvgIpc) is 3.97. The van der Waals surface area contributed by atoms with Crippen molar-refractivity contribution in [1.82, 2.24) is 30.1 Å². The second kappa shape index (κ2) is 17.6. The third-order valence-corrected chi connectivity index (χ3v) is 10.2. The molecule has 5 rings (SSSR count). The van der Waals surface area contributed by atoms with E-state index in [1.165, 1.54) is 14.2 Å². The maximum atomic E-state index is 13.6. The Kier molecular flexibility index (Phi) is 13.0. The number of imidazole rings is 1. The standard InChI is InChI=1S/C41H51N7O6/c1-24(2)32(18-36(49)53-7)39(50)47-22-26(5)15-34(47)33-17-29(20-43-33)10-9-28-11-12-30(42-19-28)13-14-31-21-44-38(45-31)35-16-27(6)23-48(35)40(51)37(25(3)4)46-41(52)54-8/h11-12,19-21,24-27,32,34-35,37H,15-18,22-23H2,1-8H3,(H,44,45)(H,46,52)/t26-,27-,32-,34-,35-,37-/m0/s1. The number of hydrogen-bond acceptors (Lipinski definition) is 9. The number of pyridine rings is 1. The predicted octanol–water partition coefficient (Wildman–Crippen LogP) is 4.65. The number of rotatable bonds is 9. The van der Waals surface area contributed by atoms with Crippen LogP contribution in [-0.2, 0) is 23.9 Å². The van der Waals surface area contributed by atoms with Gasteiger partial charge in [-0.05, 0) is 60.5 Å². The van der Waals surface area contributed by atoms with Crippen molar-refractivity contribution in [1.29, 1.82) is 0 Å². The Morgan fingerprint density at radius 3 is 2.20 bits per heavy atom. The second-order valence-electron chi connectivity index (χ2n) is 15.2. The maximum Gasteiger partial charge on any atom is 0.407 e. The molecule has 3 amide bonds. The van der Waals surface area contributed by atoms with E-state index in [-0.39, 0.29) is 54.0 Å². The SMILES string of the molecule is COC(=O)C[C@H](C(=O)N1C[C@@H](C)C[C@H]1C1=NC=C(C#Cc2ccc(C#Cc3cnc([C@@H]4C[C@H](C)CN4C(=O)[C@@H](NC(=O)OC)C(C)C)[nH]3)nc2)C1)C(C)C. The molecule has 2 saturated heterocycles. The van der Waals surface area contributed by atoms with Crippen molar-refractivity contribution in [2.75, 3.05) is 27.3 Å². The number of aromatic amines is 1. The molecule has 3 aliphatic rings. The Morgan fingerprint density at radius 2 is 1.57 bits per heavy atom. The van der Waals surface area contributed by atoms with E-state index in [1.54, 1.807) is 23.5 Å². The van der Waals surface area contributed by atoms with Gasteiger partial charge in [-0.2, -0.15) is 0 Å². The molecule has 6 atom stereocenters. The highest BCUT2D eigenvalue weighted by Gasteiger charge is 2.42. The van der Waals surface area contributed by atoms with Crippen LogP contribution in [-0.4, -0.2) is 93.7 Å². The largest absolute Gasteiger partial charge is 0.469 e. The van der Waals surface area contributed by atoms with Gasteiger partial charge in [0, 0.05) is 48.8 Å². The van der Waals surface area contributed by atoms with Crippen LogP contribution in [0, 0.1) is 53.3 Å². The summed E-state index contributed by atoms with van der Waals surface area (Å²) in [6.45, 7) is 13.1. The van der Waals surface area contributed by atoms with Crippen LogP contribution in [0.4, 0.5) is 4.79 Å². The van der Waals surface area contributed by atoms with Crippen molar-refractivity contribution in [3.63, 3.8) is 0 Å². The van der Waals surface area contributed by atoms with Crippen molar-refractivity contribution in [3.8, 4) is 23.7 Å². The Bertz CT molecular complexity index is 1910. The summed E-state index contributed by atoms with van der Waals surface area (Å²) in [6, 6.07) is 2.56. The van der Waals surface area contributed by atoms with Crippen LogP contribution in [0.1, 0.15) is 96.0 Å². The number of methoxy groups -OCH3 is 2. The van der Waals surface area contributed by atoms with Crippen LogP contribution in [0.25, 0.3) is 0 Å². The number of amides is 3. The third kappa shape index (κ3) is 9.56. The Labute approximate surface area is 317 Å². The molecule has 0 saturated carbocycles. The minimum Gasteiger partial charge on any atom is -0.469 e. The zero-order valence-corrected chi connectivity index (χ0v) is 32.4. The van der Waals surface area contributed by atoms with Crippen molar-refractivity contribution in [2.24, 2.45) is 34.6 Å². The van der Waals surface area contributed by atoms with E-state index < -0.39 is 18.1 Å².